The van der Waals surface area contributed by atoms with Gasteiger partial charge in [0, 0.05) is 18.7 Å². The molecule has 1 aromatic heterocycles. The Morgan fingerprint density at radius 3 is 2.52 bits per heavy atom. The molecule has 3 heteroatoms. The van der Waals surface area contributed by atoms with Crippen LogP contribution in [-0.4, -0.2) is 9.55 Å². The number of anilines is 1. The lowest BCUT2D eigenvalue weighted by molar-refractivity contribution is 0.650. The zero-order valence-corrected chi connectivity index (χ0v) is 12.4. The number of aryl methyl sites for hydroxylation is 3. The van der Waals surface area contributed by atoms with Gasteiger partial charge in [0.25, 0.3) is 0 Å². The zero-order valence-electron chi connectivity index (χ0n) is 12.4. The molecule has 1 heterocycles. The topological polar surface area (TPSA) is 43.8 Å². The highest BCUT2D eigenvalue weighted by molar-refractivity contribution is 5.75. The highest BCUT2D eigenvalue weighted by Gasteiger charge is 2.09. The highest BCUT2D eigenvalue weighted by atomic mass is 15.1. The van der Waals surface area contributed by atoms with E-state index >= 15 is 0 Å². The zero-order chi connectivity index (χ0) is 14.7. The van der Waals surface area contributed by atoms with Crippen molar-refractivity contribution < 1.29 is 0 Å². The number of fused-ring (bicyclic) bond motifs is 1. The van der Waals surface area contributed by atoms with Gasteiger partial charge in [-0.3, -0.25) is 0 Å². The van der Waals surface area contributed by atoms with Crippen molar-refractivity contribution in [3.63, 3.8) is 0 Å². The predicted octanol–water partition coefficient (Wildman–Crippen LogP) is 3.81. The van der Waals surface area contributed by atoms with Crippen molar-refractivity contribution in [3.05, 3.63) is 59.9 Å². The molecular formula is C18H21N3. The number of rotatable bonds is 5. The smallest absolute Gasteiger partial charge is 0.110 e. The summed E-state index contributed by atoms with van der Waals surface area (Å²) in [5, 5.41) is 0. The van der Waals surface area contributed by atoms with Crippen LogP contribution < -0.4 is 5.73 Å². The van der Waals surface area contributed by atoms with Crippen molar-refractivity contribution in [2.24, 2.45) is 0 Å². The number of nitrogens with zero attached hydrogens (tertiary/aromatic N) is 2. The third kappa shape index (κ3) is 2.92. The maximum absolute atomic E-state index is 5.73. The molecule has 0 aliphatic carbocycles. The summed E-state index contributed by atoms with van der Waals surface area (Å²) in [6.07, 6.45) is 3.07. The summed E-state index contributed by atoms with van der Waals surface area (Å²) in [6.45, 7) is 3.23. The van der Waals surface area contributed by atoms with E-state index in [4.69, 9.17) is 10.7 Å². The third-order valence-corrected chi connectivity index (χ3v) is 3.80. The summed E-state index contributed by atoms with van der Waals surface area (Å²) in [7, 11) is 0. The Kier molecular flexibility index (Phi) is 3.91. The molecule has 0 atom stereocenters. The van der Waals surface area contributed by atoms with Gasteiger partial charge in [-0.2, -0.15) is 0 Å². The van der Waals surface area contributed by atoms with Crippen LogP contribution in [0.25, 0.3) is 11.0 Å². The molecule has 0 fully saturated rings. The van der Waals surface area contributed by atoms with Crippen LogP contribution >= 0.6 is 0 Å². The van der Waals surface area contributed by atoms with Crippen molar-refractivity contribution in [2.75, 3.05) is 5.73 Å². The molecule has 0 radical (unpaired) electrons. The molecule has 0 bridgehead atoms. The first-order valence-corrected chi connectivity index (χ1v) is 7.56. The van der Waals surface area contributed by atoms with E-state index in [0.29, 0.717) is 0 Å². The van der Waals surface area contributed by atoms with Crippen molar-refractivity contribution in [2.45, 2.75) is 32.7 Å². The number of para-hydroxylation sites is 2. The van der Waals surface area contributed by atoms with Crippen LogP contribution in [0.4, 0.5) is 5.69 Å². The van der Waals surface area contributed by atoms with E-state index in [2.05, 4.69) is 47.9 Å². The maximum Gasteiger partial charge on any atom is 0.110 e. The molecule has 0 unspecified atom stereocenters. The van der Waals surface area contributed by atoms with Crippen LogP contribution in [0, 0.1) is 0 Å². The van der Waals surface area contributed by atoms with Crippen molar-refractivity contribution in [1.82, 2.24) is 9.55 Å². The van der Waals surface area contributed by atoms with Gasteiger partial charge in [-0.05, 0) is 42.7 Å². The minimum atomic E-state index is 0.817. The predicted molar refractivity (Wildman–Crippen MR) is 88.3 cm³/mol. The molecule has 0 aliphatic rings. The molecular weight excluding hydrogens is 258 g/mol. The molecule has 0 aliphatic heterocycles. The first-order chi connectivity index (χ1) is 10.3. The van der Waals surface area contributed by atoms with E-state index in [-0.39, 0.29) is 0 Å². The van der Waals surface area contributed by atoms with E-state index in [1.165, 1.54) is 16.9 Å². The van der Waals surface area contributed by atoms with Crippen LogP contribution in [0.1, 0.15) is 24.7 Å². The number of benzene rings is 2. The number of nitrogens with two attached hydrogens (primary N) is 1. The highest BCUT2D eigenvalue weighted by Crippen LogP contribution is 2.18. The molecule has 108 valence electrons. The average molecular weight is 279 g/mol. The number of hydrogen-bond donors (Lipinski definition) is 1. The van der Waals surface area contributed by atoms with Gasteiger partial charge in [0.1, 0.15) is 5.82 Å². The summed E-state index contributed by atoms with van der Waals surface area (Å²) in [4.78, 5) is 4.80. The van der Waals surface area contributed by atoms with E-state index in [1.807, 2.05) is 12.1 Å². The van der Waals surface area contributed by atoms with E-state index < -0.39 is 0 Å². The second-order valence-corrected chi connectivity index (χ2v) is 5.41. The molecule has 0 saturated heterocycles. The van der Waals surface area contributed by atoms with Gasteiger partial charge in [0.2, 0.25) is 0 Å². The van der Waals surface area contributed by atoms with Crippen LogP contribution in [-0.2, 0) is 19.4 Å². The van der Waals surface area contributed by atoms with E-state index in [0.717, 1.165) is 37.0 Å². The second kappa shape index (κ2) is 6.00. The van der Waals surface area contributed by atoms with E-state index in [1.54, 1.807) is 0 Å². The molecule has 3 rings (SSSR count). The summed E-state index contributed by atoms with van der Waals surface area (Å²) in [6, 6.07) is 16.5. The van der Waals surface area contributed by atoms with Crippen LogP contribution in [0.3, 0.4) is 0 Å². The van der Waals surface area contributed by atoms with Gasteiger partial charge in [0.05, 0.1) is 11.0 Å². The third-order valence-electron chi connectivity index (χ3n) is 3.80. The Morgan fingerprint density at radius 2 is 1.76 bits per heavy atom. The Morgan fingerprint density at radius 1 is 1.00 bits per heavy atom. The summed E-state index contributed by atoms with van der Waals surface area (Å²) >= 11 is 0. The Labute approximate surface area is 125 Å². The quantitative estimate of drug-likeness (QED) is 0.722. The van der Waals surface area contributed by atoms with Crippen LogP contribution in [0.15, 0.2) is 48.5 Å². The molecule has 21 heavy (non-hydrogen) atoms. The molecule has 0 spiro atoms. The van der Waals surface area contributed by atoms with Crippen LogP contribution in [0.5, 0.6) is 0 Å². The summed E-state index contributed by atoms with van der Waals surface area (Å²) < 4.78 is 2.35. The van der Waals surface area contributed by atoms with Gasteiger partial charge in [-0.1, -0.05) is 31.2 Å². The minimum Gasteiger partial charge on any atom is -0.399 e. The first-order valence-electron chi connectivity index (χ1n) is 7.56. The van der Waals surface area contributed by atoms with Gasteiger partial charge >= 0.3 is 0 Å². The van der Waals surface area contributed by atoms with Gasteiger partial charge in [0.15, 0.2) is 0 Å². The summed E-state index contributed by atoms with van der Waals surface area (Å²) in [5.41, 5.74) is 10.2. The lowest BCUT2D eigenvalue weighted by atomic mass is 10.1. The lowest BCUT2D eigenvalue weighted by Crippen LogP contribution is -2.05. The number of nitrogen functional groups attached to an aromatic ring is 1. The van der Waals surface area contributed by atoms with Crippen molar-refractivity contribution in [3.8, 4) is 0 Å². The first kappa shape index (κ1) is 13.7. The largest absolute Gasteiger partial charge is 0.399 e. The van der Waals surface area contributed by atoms with Crippen LogP contribution in [0.2, 0.25) is 0 Å². The Hall–Kier alpha value is -2.29. The van der Waals surface area contributed by atoms with Gasteiger partial charge < -0.3 is 10.3 Å². The average Bonchev–Trinajstić information content (AvgIpc) is 2.85. The fourth-order valence-electron chi connectivity index (χ4n) is 2.73. The SMILES string of the molecule is CCCn1c(CCc2ccc(N)cc2)nc2ccccc21. The van der Waals surface area contributed by atoms with E-state index in [9.17, 15) is 0 Å². The van der Waals surface area contributed by atoms with Crippen molar-refractivity contribution in [1.29, 1.82) is 0 Å². The molecule has 3 nitrogen and oxygen atoms in total. The lowest BCUT2D eigenvalue weighted by Gasteiger charge is -2.08. The Balaban J connectivity index is 1.85. The fourth-order valence-corrected chi connectivity index (χ4v) is 2.73. The molecule has 2 aromatic carbocycles. The Bertz CT molecular complexity index is 726. The van der Waals surface area contributed by atoms with Gasteiger partial charge in [-0.25, -0.2) is 4.98 Å². The second-order valence-electron chi connectivity index (χ2n) is 5.41. The maximum atomic E-state index is 5.73. The molecule has 0 amide bonds. The molecule has 3 aromatic rings. The monoisotopic (exact) mass is 279 g/mol. The number of aromatic nitrogens is 2. The number of imidazole rings is 1. The standard InChI is InChI=1S/C18H21N3/c1-2-13-21-17-6-4-3-5-16(17)20-18(21)12-9-14-7-10-15(19)11-8-14/h3-8,10-11H,2,9,12-13,19H2,1H3. The normalized spacial score (nSPS) is 11.1. The molecule has 2 N–H and O–H groups in total. The van der Waals surface area contributed by atoms with Gasteiger partial charge in [-0.15, -0.1) is 0 Å². The summed E-state index contributed by atoms with van der Waals surface area (Å²) in [5.74, 6) is 1.18. The van der Waals surface area contributed by atoms with Crippen molar-refractivity contribution >= 4 is 16.7 Å². The molecule has 0 saturated carbocycles. The number of hydrogen-bond acceptors (Lipinski definition) is 2. The fraction of sp³-hybridized carbons (Fsp3) is 0.278. The minimum absolute atomic E-state index is 0.817.